The standard InChI is InChI=1S/C9H11ClN2O2S/c1-9(15,8(13)14)3-5-2-6(10)7(11)12-4-5/h2,4,15H,3H2,1H3,(H2,11,12)(H,13,14). The molecule has 0 amide bonds. The maximum atomic E-state index is 10.8. The molecule has 0 aliphatic heterocycles. The van der Waals surface area contributed by atoms with E-state index in [0.717, 1.165) is 0 Å². The van der Waals surface area contributed by atoms with E-state index in [4.69, 9.17) is 22.4 Å². The molecule has 6 heteroatoms. The van der Waals surface area contributed by atoms with Crippen LogP contribution in [0.1, 0.15) is 12.5 Å². The third-order valence-electron chi connectivity index (χ3n) is 1.94. The summed E-state index contributed by atoms with van der Waals surface area (Å²) < 4.78 is -1.14. The number of nitrogens with two attached hydrogens (primary N) is 1. The first kappa shape index (κ1) is 12.1. The highest BCUT2D eigenvalue weighted by Gasteiger charge is 2.28. The number of nitrogens with zero attached hydrogens (tertiary/aromatic N) is 1. The van der Waals surface area contributed by atoms with E-state index >= 15 is 0 Å². The molecule has 1 atom stereocenters. The summed E-state index contributed by atoms with van der Waals surface area (Å²) >= 11 is 9.81. The SMILES string of the molecule is CC(S)(Cc1cnc(N)c(Cl)c1)C(=O)O. The smallest absolute Gasteiger partial charge is 0.319 e. The molecule has 1 unspecified atom stereocenters. The van der Waals surface area contributed by atoms with Crippen molar-refractivity contribution in [1.29, 1.82) is 0 Å². The van der Waals surface area contributed by atoms with Crippen molar-refractivity contribution >= 4 is 36.0 Å². The number of hydrogen-bond acceptors (Lipinski definition) is 4. The van der Waals surface area contributed by atoms with Crippen molar-refractivity contribution in [2.24, 2.45) is 0 Å². The van der Waals surface area contributed by atoms with Crippen LogP contribution in [0, 0.1) is 0 Å². The molecule has 3 N–H and O–H groups in total. The minimum atomic E-state index is -1.14. The summed E-state index contributed by atoms with van der Waals surface area (Å²) in [6.07, 6.45) is 1.73. The molecule has 0 aliphatic rings. The molecule has 4 nitrogen and oxygen atoms in total. The van der Waals surface area contributed by atoms with E-state index in [-0.39, 0.29) is 12.2 Å². The van der Waals surface area contributed by atoms with Crippen molar-refractivity contribution in [1.82, 2.24) is 4.98 Å². The molecule has 82 valence electrons. The lowest BCUT2D eigenvalue weighted by Gasteiger charge is -2.17. The molecule has 0 spiro atoms. The number of anilines is 1. The number of carbonyl (C=O) groups is 1. The van der Waals surface area contributed by atoms with E-state index in [0.29, 0.717) is 10.6 Å². The largest absolute Gasteiger partial charge is 0.480 e. The number of rotatable bonds is 3. The van der Waals surface area contributed by atoms with Crippen LogP contribution in [0.5, 0.6) is 0 Å². The minimum absolute atomic E-state index is 0.233. The first-order valence-electron chi connectivity index (χ1n) is 4.18. The number of aromatic nitrogens is 1. The third kappa shape index (κ3) is 3.00. The Hall–Kier alpha value is -0.940. The monoisotopic (exact) mass is 246 g/mol. The maximum Gasteiger partial charge on any atom is 0.319 e. The summed E-state index contributed by atoms with van der Waals surface area (Å²) in [5.41, 5.74) is 6.12. The van der Waals surface area contributed by atoms with Crippen molar-refractivity contribution in [2.75, 3.05) is 5.73 Å². The molecule has 1 aromatic rings. The second-order valence-corrected chi connectivity index (χ2v) is 4.86. The van der Waals surface area contributed by atoms with Crippen LogP contribution in [-0.4, -0.2) is 20.8 Å². The fourth-order valence-electron chi connectivity index (χ4n) is 1.06. The zero-order valence-corrected chi connectivity index (χ0v) is 9.72. The zero-order chi connectivity index (χ0) is 11.6. The Morgan fingerprint density at radius 1 is 1.80 bits per heavy atom. The van der Waals surface area contributed by atoms with Crippen LogP contribution in [0.2, 0.25) is 5.02 Å². The van der Waals surface area contributed by atoms with Gasteiger partial charge in [0.1, 0.15) is 10.6 Å². The summed E-state index contributed by atoms with van der Waals surface area (Å²) in [5.74, 6) is -0.754. The first-order chi connectivity index (χ1) is 6.83. The molecule has 0 aromatic carbocycles. The van der Waals surface area contributed by atoms with Crippen molar-refractivity contribution < 1.29 is 9.90 Å². The van der Waals surface area contributed by atoms with E-state index < -0.39 is 10.7 Å². The summed E-state index contributed by atoms with van der Waals surface area (Å²) in [5, 5.41) is 9.19. The van der Waals surface area contributed by atoms with Crippen LogP contribution < -0.4 is 5.73 Å². The molecule has 1 aromatic heterocycles. The van der Waals surface area contributed by atoms with Crippen LogP contribution >= 0.6 is 24.2 Å². The third-order valence-corrected chi connectivity index (χ3v) is 2.59. The second kappa shape index (κ2) is 4.28. The second-order valence-electron chi connectivity index (χ2n) is 3.47. The lowest BCUT2D eigenvalue weighted by atomic mass is 10.0. The van der Waals surface area contributed by atoms with Gasteiger partial charge in [-0.05, 0) is 25.0 Å². The number of pyridine rings is 1. The fourth-order valence-corrected chi connectivity index (χ4v) is 1.43. The first-order valence-corrected chi connectivity index (χ1v) is 5.01. The highest BCUT2D eigenvalue weighted by Crippen LogP contribution is 2.23. The minimum Gasteiger partial charge on any atom is -0.480 e. The van der Waals surface area contributed by atoms with Gasteiger partial charge in [-0.1, -0.05) is 11.6 Å². The normalized spacial score (nSPS) is 14.6. The fraction of sp³-hybridized carbons (Fsp3) is 0.333. The highest BCUT2D eigenvalue weighted by atomic mass is 35.5. The number of thiol groups is 1. The molecular weight excluding hydrogens is 236 g/mol. The predicted molar refractivity (Wildman–Crippen MR) is 62.4 cm³/mol. The van der Waals surface area contributed by atoms with Crippen molar-refractivity contribution in [3.8, 4) is 0 Å². The Labute approximate surface area is 97.9 Å². The Morgan fingerprint density at radius 3 is 2.87 bits per heavy atom. The Kier molecular flexibility index (Phi) is 3.46. The molecule has 15 heavy (non-hydrogen) atoms. The zero-order valence-electron chi connectivity index (χ0n) is 8.07. The van der Waals surface area contributed by atoms with E-state index in [1.54, 1.807) is 6.07 Å². The molecule has 1 rings (SSSR count). The van der Waals surface area contributed by atoms with Crippen molar-refractivity contribution in [3.05, 3.63) is 22.8 Å². The number of carboxylic acid groups (broad SMARTS) is 1. The molecule has 0 radical (unpaired) electrons. The highest BCUT2D eigenvalue weighted by molar-refractivity contribution is 7.82. The van der Waals surface area contributed by atoms with Gasteiger partial charge in [0.2, 0.25) is 0 Å². The van der Waals surface area contributed by atoms with Gasteiger partial charge in [-0.3, -0.25) is 4.79 Å². The quantitative estimate of drug-likeness (QED) is 0.709. The maximum absolute atomic E-state index is 10.8. The van der Waals surface area contributed by atoms with Crippen molar-refractivity contribution in [2.45, 2.75) is 18.1 Å². The Balaban J connectivity index is 2.91. The summed E-state index contributed by atoms with van der Waals surface area (Å²) in [7, 11) is 0. The van der Waals surface area contributed by atoms with Gasteiger partial charge < -0.3 is 10.8 Å². The number of hydrogen-bond donors (Lipinski definition) is 3. The number of nitrogen functional groups attached to an aromatic ring is 1. The van der Waals surface area contributed by atoms with Crippen LogP contribution in [0.15, 0.2) is 12.3 Å². The Morgan fingerprint density at radius 2 is 2.40 bits per heavy atom. The topological polar surface area (TPSA) is 76.2 Å². The molecule has 0 aliphatic carbocycles. The van der Waals surface area contributed by atoms with Gasteiger partial charge in [0.25, 0.3) is 0 Å². The van der Waals surface area contributed by atoms with Crippen LogP contribution in [0.3, 0.4) is 0 Å². The molecule has 0 saturated carbocycles. The number of aliphatic carboxylic acids is 1. The van der Waals surface area contributed by atoms with Gasteiger partial charge in [0.15, 0.2) is 0 Å². The molecule has 1 heterocycles. The van der Waals surface area contributed by atoms with Gasteiger partial charge in [-0.25, -0.2) is 4.98 Å². The van der Waals surface area contributed by atoms with E-state index in [2.05, 4.69) is 17.6 Å². The van der Waals surface area contributed by atoms with E-state index in [9.17, 15) is 4.79 Å². The molecule has 0 fully saturated rings. The summed E-state index contributed by atoms with van der Waals surface area (Å²) in [6.45, 7) is 1.52. The van der Waals surface area contributed by atoms with Gasteiger partial charge in [0.05, 0.1) is 5.02 Å². The molecule has 0 bridgehead atoms. The number of halogens is 1. The lowest BCUT2D eigenvalue weighted by Crippen LogP contribution is -2.31. The lowest BCUT2D eigenvalue weighted by molar-refractivity contribution is -0.139. The van der Waals surface area contributed by atoms with Crippen molar-refractivity contribution in [3.63, 3.8) is 0 Å². The average Bonchev–Trinajstić information content (AvgIpc) is 2.10. The van der Waals surface area contributed by atoms with Gasteiger partial charge in [0, 0.05) is 6.20 Å². The van der Waals surface area contributed by atoms with E-state index in [1.807, 2.05) is 0 Å². The Bertz CT molecular complexity index is 396. The van der Waals surface area contributed by atoms with E-state index in [1.165, 1.54) is 13.1 Å². The average molecular weight is 247 g/mol. The number of carboxylic acids is 1. The predicted octanol–water partition coefficient (Wildman–Crippen LogP) is 1.63. The van der Waals surface area contributed by atoms with Gasteiger partial charge >= 0.3 is 5.97 Å². The van der Waals surface area contributed by atoms with Gasteiger partial charge in [-0.15, -0.1) is 0 Å². The van der Waals surface area contributed by atoms with Crippen LogP contribution in [0.4, 0.5) is 5.82 Å². The molecule has 0 saturated heterocycles. The molecular formula is C9H11ClN2O2S. The van der Waals surface area contributed by atoms with Gasteiger partial charge in [-0.2, -0.15) is 12.6 Å². The van der Waals surface area contributed by atoms with Crippen LogP contribution in [-0.2, 0) is 11.2 Å². The van der Waals surface area contributed by atoms with Crippen LogP contribution in [0.25, 0.3) is 0 Å². The summed E-state index contributed by atoms with van der Waals surface area (Å²) in [6, 6.07) is 1.60. The summed E-state index contributed by atoms with van der Waals surface area (Å²) in [4.78, 5) is 14.7.